The van der Waals surface area contributed by atoms with Crippen molar-refractivity contribution in [2.45, 2.75) is 31.7 Å². The third-order valence-electron chi connectivity index (χ3n) is 3.68. The van der Waals surface area contributed by atoms with Crippen LogP contribution in [0.2, 0.25) is 0 Å². The number of fused-ring (bicyclic) bond motifs is 1. The van der Waals surface area contributed by atoms with Crippen molar-refractivity contribution < 1.29 is 9.53 Å². The molecule has 0 radical (unpaired) electrons. The number of ether oxygens (including phenoxy) is 1. The number of methoxy groups -OCH3 is 1. The van der Waals surface area contributed by atoms with E-state index in [0.717, 1.165) is 29.3 Å². The number of hydrogen-bond acceptors (Lipinski definition) is 3. The number of carbonyl (C=O) groups excluding carboxylic acids is 1. The number of nitrogens with two attached hydrogens (primary N) is 1. The maximum atomic E-state index is 11.1. The first-order chi connectivity index (χ1) is 10.1. The predicted molar refractivity (Wildman–Crippen MR) is 89.1 cm³/mol. The molecular formula is C17H20BrNO2. The van der Waals surface area contributed by atoms with Gasteiger partial charge in [0, 0.05) is 16.9 Å². The monoisotopic (exact) mass is 349 g/mol. The molecule has 0 aliphatic heterocycles. The van der Waals surface area contributed by atoms with Crippen molar-refractivity contribution >= 4 is 32.7 Å². The summed E-state index contributed by atoms with van der Waals surface area (Å²) in [7, 11) is 1.42. The third kappa shape index (κ3) is 4.05. The molecule has 2 aromatic carbocycles. The molecule has 0 bridgehead atoms. The van der Waals surface area contributed by atoms with Crippen LogP contribution in [0.5, 0.6) is 0 Å². The Balaban J connectivity index is 2.04. The quantitative estimate of drug-likeness (QED) is 0.623. The van der Waals surface area contributed by atoms with Gasteiger partial charge in [-0.1, -0.05) is 52.7 Å². The van der Waals surface area contributed by atoms with Crippen LogP contribution in [-0.4, -0.2) is 13.1 Å². The molecule has 0 aliphatic carbocycles. The van der Waals surface area contributed by atoms with E-state index >= 15 is 0 Å². The second kappa shape index (κ2) is 7.57. The summed E-state index contributed by atoms with van der Waals surface area (Å²) in [6, 6.07) is 12.4. The molecule has 3 nitrogen and oxygen atoms in total. The molecular weight excluding hydrogens is 330 g/mol. The minimum absolute atomic E-state index is 0.0133. The molecule has 2 rings (SSSR count). The minimum atomic E-state index is -0.155. The highest BCUT2D eigenvalue weighted by Gasteiger charge is 2.11. The van der Waals surface area contributed by atoms with Crippen LogP contribution in [0.3, 0.4) is 0 Å². The Labute approximate surface area is 133 Å². The molecule has 2 N–H and O–H groups in total. The Morgan fingerprint density at radius 3 is 2.62 bits per heavy atom. The van der Waals surface area contributed by atoms with Crippen LogP contribution in [0.25, 0.3) is 10.8 Å². The van der Waals surface area contributed by atoms with Crippen LogP contribution in [0.1, 0.15) is 37.3 Å². The second-order valence-electron chi connectivity index (χ2n) is 5.11. The summed E-state index contributed by atoms with van der Waals surface area (Å²) in [5.41, 5.74) is 7.49. The smallest absolute Gasteiger partial charge is 0.305 e. The molecule has 1 atom stereocenters. The molecule has 1 unspecified atom stereocenters. The Morgan fingerprint density at radius 2 is 1.90 bits per heavy atom. The number of rotatable bonds is 6. The van der Waals surface area contributed by atoms with Crippen LogP contribution < -0.4 is 5.73 Å². The maximum absolute atomic E-state index is 11.1. The molecule has 0 spiro atoms. The van der Waals surface area contributed by atoms with E-state index in [1.165, 1.54) is 17.9 Å². The van der Waals surface area contributed by atoms with Crippen molar-refractivity contribution in [3.05, 3.63) is 46.4 Å². The maximum Gasteiger partial charge on any atom is 0.305 e. The molecule has 0 amide bonds. The standard InChI is InChI=1S/C17H20BrNO2/c1-21-17(20)9-5-4-8-16(19)14-10-11-15(18)13-7-3-2-6-12(13)14/h2-3,6-7,10-11,16H,4-5,8-9,19H2,1H3. The summed E-state index contributed by atoms with van der Waals surface area (Å²) in [4.78, 5) is 11.1. The van der Waals surface area contributed by atoms with Crippen LogP contribution >= 0.6 is 15.9 Å². The lowest BCUT2D eigenvalue weighted by atomic mass is 9.95. The molecule has 0 aliphatic rings. The molecule has 0 saturated heterocycles. The highest BCUT2D eigenvalue weighted by atomic mass is 79.9. The number of unbranched alkanes of at least 4 members (excludes halogenated alkanes) is 1. The van der Waals surface area contributed by atoms with Gasteiger partial charge in [0.25, 0.3) is 0 Å². The summed E-state index contributed by atoms with van der Waals surface area (Å²) < 4.78 is 5.72. The van der Waals surface area contributed by atoms with Gasteiger partial charge in [-0.3, -0.25) is 4.79 Å². The zero-order valence-corrected chi connectivity index (χ0v) is 13.7. The van der Waals surface area contributed by atoms with E-state index in [2.05, 4.69) is 38.9 Å². The second-order valence-corrected chi connectivity index (χ2v) is 5.96. The van der Waals surface area contributed by atoms with E-state index in [-0.39, 0.29) is 12.0 Å². The van der Waals surface area contributed by atoms with Gasteiger partial charge in [0.1, 0.15) is 0 Å². The van der Waals surface area contributed by atoms with E-state index in [4.69, 9.17) is 5.73 Å². The van der Waals surface area contributed by atoms with Crippen molar-refractivity contribution in [1.82, 2.24) is 0 Å². The molecule has 0 heterocycles. The molecule has 0 saturated carbocycles. The van der Waals surface area contributed by atoms with Crippen molar-refractivity contribution in [2.24, 2.45) is 5.73 Å². The minimum Gasteiger partial charge on any atom is -0.469 e. The van der Waals surface area contributed by atoms with Gasteiger partial charge < -0.3 is 10.5 Å². The average Bonchev–Trinajstić information content (AvgIpc) is 2.51. The number of esters is 1. The third-order valence-corrected chi connectivity index (χ3v) is 4.37. The lowest BCUT2D eigenvalue weighted by Crippen LogP contribution is -2.11. The molecule has 0 fully saturated rings. The highest BCUT2D eigenvalue weighted by Crippen LogP contribution is 2.31. The summed E-state index contributed by atoms with van der Waals surface area (Å²) in [5, 5.41) is 2.37. The van der Waals surface area contributed by atoms with Crippen LogP contribution in [0, 0.1) is 0 Å². The van der Waals surface area contributed by atoms with Crippen molar-refractivity contribution in [3.63, 3.8) is 0 Å². The summed E-state index contributed by atoms with van der Waals surface area (Å²) in [5.74, 6) is -0.155. The normalized spacial score (nSPS) is 12.3. The van der Waals surface area contributed by atoms with Gasteiger partial charge in [-0.15, -0.1) is 0 Å². The van der Waals surface area contributed by atoms with Crippen molar-refractivity contribution in [1.29, 1.82) is 0 Å². The van der Waals surface area contributed by atoms with Crippen LogP contribution in [0.15, 0.2) is 40.9 Å². The SMILES string of the molecule is COC(=O)CCCCC(N)c1ccc(Br)c2ccccc12. The number of benzene rings is 2. The van der Waals surface area contributed by atoms with Crippen LogP contribution in [-0.2, 0) is 9.53 Å². The molecule has 2 aromatic rings. The Hall–Kier alpha value is -1.39. The first kappa shape index (κ1) is 16.0. The van der Waals surface area contributed by atoms with Gasteiger partial charge in [-0.25, -0.2) is 0 Å². The molecule has 0 aromatic heterocycles. The molecule has 21 heavy (non-hydrogen) atoms. The van der Waals surface area contributed by atoms with Gasteiger partial charge >= 0.3 is 5.97 Å². The van der Waals surface area contributed by atoms with Crippen molar-refractivity contribution in [2.75, 3.05) is 7.11 Å². The number of hydrogen-bond donors (Lipinski definition) is 1. The zero-order valence-electron chi connectivity index (χ0n) is 12.1. The Morgan fingerprint density at radius 1 is 1.19 bits per heavy atom. The summed E-state index contributed by atoms with van der Waals surface area (Å²) in [6.07, 6.45) is 3.06. The fraction of sp³-hybridized carbons (Fsp3) is 0.353. The first-order valence-corrected chi connectivity index (χ1v) is 7.92. The fourth-order valence-electron chi connectivity index (χ4n) is 2.50. The predicted octanol–water partition coefficient (Wildman–Crippen LogP) is 4.34. The van der Waals surface area contributed by atoms with E-state index < -0.39 is 0 Å². The van der Waals surface area contributed by atoms with E-state index in [1.807, 2.05) is 18.2 Å². The zero-order chi connectivity index (χ0) is 15.2. The Bertz CT molecular complexity index is 627. The van der Waals surface area contributed by atoms with Gasteiger partial charge in [0.2, 0.25) is 0 Å². The molecule has 112 valence electrons. The first-order valence-electron chi connectivity index (χ1n) is 7.13. The highest BCUT2D eigenvalue weighted by molar-refractivity contribution is 9.10. The van der Waals surface area contributed by atoms with E-state index in [1.54, 1.807) is 0 Å². The average molecular weight is 350 g/mol. The molecule has 4 heteroatoms. The van der Waals surface area contributed by atoms with Crippen LogP contribution in [0.4, 0.5) is 0 Å². The van der Waals surface area contributed by atoms with Gasteiger partial charge in [0.15, 0.2) is 0 Å². The van der Waals surface area contributed by atoms with Crippen molar-refractivity contribution in [3.8, 4) is 0 Å². The van der Waals surface area contributed by atoms with E-state index in [0.29, 0.717) is 6.42 Å². The lowest BCUT2D eigenvalue weighted by Gasteiger charge is -2.15. The Kier molecular flexibility index (Phi) is 5.76. The van der Waals surface area contributed by atoms with Gasteiger partial charge in [0.05, 0.1) is 7.11 Å². The topological polar surface area (TPSA) is 52.3 Å². The van der Waals surface area contributed by atoms with Gasteiger partial charge in [-0.05, 0) is 35.2 Å². The van der Waals surface area contributed by atoms with Gasteiger partial charge in [-0.2, -0.15) is 0 Å². The number of halogens is 1. The largest absolute Gasteiger partial charge is 0.469 e. The summed E-state index contributed by atoms with van der Waals surface area (Å²) >= 11 is 3.58. The summed E-state index contributed by atoms with van der Waals surface area (Å²) in [6.45, 7) is 0. The number of carbonyl (C=O) groups is 1. The van der Waals surface area contributed by atoms with E-state index in [9.17, 15) is 4.79 Å². The fourth-order valence-corrected chi connectivity index (χ4v) is 2.98. The lowest BCUT2D eigenvalue weighted by molar-refractivity contribution is -0.140.